The second-order valence-electron chi connectivity index (χ2n) is 1.94. The molecule has 0 rings (SSSR count). The Bertz CT molecular complexity index is 33.5. The van der Waals surface area contributed by atoms with Crippen LogP contribution in [0.4, 0.5) is 0 Å². The largest absolute Gasteiger partial charge is 0.100 e. The van der Waals surface area contributed by atoms with Gasteiger partial charge in [-0.25, -0.2) is 0 Å². The van der Waals surface area contributed by atoms with Crippen LogP contribution in [0.5, 0.6) is 0 Å². The van der Waals surface area contributed by atoms with Gasteiger partial charge in [-0.15, -0.1) is 11.2 Å². The first-order valence-corrected chi connectivity index (χ1v) is 5.47. The maximum absolute atomic E-state index is 5.51. The number of unbranched alkanes of at least 4 members (excludes halogenated alkanes) is 3. The molecule has 0 spiro atoms. The summed E-state index contributed by atoms with van der Waals surface area (Å²) >= 11 is 5.51. The molecule has 2 heteroatoms. The summed E-state index contributed by atoms with van der Waals surface area (Å²) in [5, 5.41) is 0. The molecule has 0 fully saturated rings. The summed E-state index contributed by atoms with van der Waals surface area (Å²) in [6.45, 7) is 2.23. The molecule has 0 heterocycles. The number of halogens is 1. The molecule has 0 N–H and O–H groups in total. The van der Waals surface area contributed by atoms with Crippen molar-refractivity contribution in [3.63, 3.8) is 0 Å². The van der Waals surface area contributed by atoms with E-state index >= 15 is 0 Å². The highest BCUT2D eigenvalue weighted by Crippen LogP contribution is 2.17. The highest BCUT2D eigenvalue weighted by Gasteiger charge is 1.84. The van der Waals surface area contributed by atoms with Gasteiger partial charge in [-0.1, -0.05) is 26.2 Å². The quantitative estimate of drug-likeness (QED) is 0.419. The van der Waals surface area contributed by atoms with Crippen molar-refractivity contribution in [2.24, 2.45) is 0 Å². The zero-order valence-corrected chi connectivity index (χ0v) is 7.17. The highest BCUT2D eigenvalue weighted by molar-refractivity contribution is 7.68. The summed E-state index contributed by atoms with van der Waals surface area (Å²) in [6.07, 6.45) is 6.63. The monoisotopic (exact) mass is 152 g/mol. The van der Waals surface area contributed by atoms with Gasteiger partial charge in [0, 0.05) is 0 Å². The Balaban J connectivity index is 2.53. The van der Waals surface area contributed by atoms with Crippen LogP contribution in [-0.2, 0) is 0 Å². The molecule has 0 aromatic carbocycles. The summed E-state index contributed by atoms with van der Waals surface area (Å²) in [7, 11) is 0.641. The molecule has 0 saturated carbocycles. The third-order valence-electron chi connectivity index (χ3n) is 1.12. The van der Waals surface area contributed by atoms with E-state index in [9.17, 15) is 0 Å². The van der Waals surface area contributed by atoms with Crippen molar-refractivity contribution in [3.8, 4) is 0 Å². The Hall–Kier alpha value is 0.720. The van der Waals surface area contributed by atoms with E-state index in [0.29, 0.717) is 7.93 Å². The SMILES string of the molecule is CCCCCCPCl. The minimum atomic E-state index is 0.641. The summed E-state index contributed by atoms with van der Waals surface area (Å²) in [5.74, 6) is 0. The predicted octanol–water partition coefficient (Wildman–Crippen LogP) is 3.40. The van der Waals surface area contributed by atoms with E-state index in [0.717, 1.165) is 0 Å². The van der Waals surface area contributed by atoms with Crippen LogP contribution in [0.2, 0.25) is 0 Å². The third kappa shape index (κ3) is 6.72. The van der Waals surface area contributed by atoms with E-state index in [1.165, 1.54) is 31.8 Å². The zero-order valence-electron chi connectivity index (χ0n) is 5.41. The van der Waals surface area contributed by atoms with Crippen molar-refractivity contribution in [3.05, 3.63) is 0 Å². The lowest BCUT2D eigenvalue weighted by atomic mass is 10.2. The molecular formula is C6H14ClP. The van der Waals surface area contributed by atoms with Gasteiger partial charge in [-0.05, 0) is 20.5 Å². The summed E-state index contributed by atoms with van der Waals surface area (Å²) < 4.78 is 0. The Morgan fingerprint density at radius 3 is 2.50 bits per heavy atom. The van der Waals surface area contributed by atoms with E-state index in [1.807, 2.05) is 0 Å². The van der Waals surface area contributed by atoms with Gasteiger partial charge in [-0.2, -0.15) is 0 Å². The summed E-state index contributed by atoms with van der Waals surface area (Å²) in [4.78, 5) is 0. The van der Waals surface area contributed by atoms with Crippen molar-refractivity contribution < 1.29 is 0 Å². The maximum atomic E-state index is 5.51. The second-order valence-corrected chi connectivity index (χ2v) is 3.51. The minimum absolute atomic E-state index is 0.641. The molecule has 0 bridgehead atoms. The van der Waals surface area contributed by atoms with E-state index in [1.54, 1.807) is 0 Å². The van der Waals surface area contributed by atoms with Gasteiger partial charge in [0.1, 0.15) is 0 Å². The topological polar surface area (TPSA) is 0 Å². The first-order chi connectivity index (χ1) is 3.91. The van der Waals surface area contributed by atoms with Crippen molar-refractivity contribution >= 4 is 19.2 Å². The van der Waals surface area contributed by atoms with Crippen LogP contribution in [-0.4, -0.2) is 6.16 Å². The van der Waals surface area contributed by atoms with Crippen LogP contribution < -0.4 is 0 Å². The first-order valence-electron chi connectivity index (χ1n) is 3.25. The Kier molecular flexibility index (Phi) is 8.41. The second kappa shape index (κ2) is 7.72. The van der Waals surface area contributed by atoms with Gasteiger partial charge >= 0.3 is 0 Å². The molecule has 0 aliphatic heterocycles. The van der Waals surface area contributed by atoms with Crippen LogP contribution in [0.15, 0.2) is 0 Å². The molecule has 0 aromatic heterocycles. The van der Waals surface area contributed by atoms with Gasteiger partial charge in [0.15, 0.2) is 0 Å². The summed E-state index contributed by atoms with van der Waals surface area (Å²) in [5.41, 5.74) is 0. The Morgan fingerprint density at radius 1 is 1.25 bits per heavy atom. The Morgan fingerprint density at radius 2 is 2.00 bits per heavy atom. The number of hydrogen-bond acceptors (Lipinski definition) is 0. The van der Waals surface area contributed by atoms with Crippen molar-refractivity contribution in [1.29, 1.82) is 0 Å². The lowest BCUT2D eigenvalue weighted by molar-refractivity contribution is 0.706. The average Bonchev–Trinajstić information content (AvgIpc) is 1.81. The van der Waals surface area contributed by atoms with Gasteiger partial charge < -0.3 is 0 Å². The van der Waals surface area contributed by atoms with Gasteiger partial charge in [-0.3, -0.25) is 0 Å². The van der Waals surface area contributed by atoms with Crippen LogP contribution in [0.3, 0.4) is 0 Å². The van der Waals surface area contributed by atoms with E-state index in [2.05, 4.69) is 6.92 Å². The number of rotatable bonds is 5. The fraction of sp³-hybridized carbons (Fsp3) is 1.00. The molecule has 50 valence electrons. The normalized spacial score (nSPS) is 11.2. The van der Waals surface area contributed by atoms with Crippen molar-refractivity contribution in [1.82, 2.24) is 0 Å². The zero-order chi connectivity index (χ0) is 6.24. The molecule has 0 aliphatic carbocycles. The van der Waals surface area contributed by atoms with Crippen molar-refractivity contribution in [2.75, 3.05) is 6.16 Å². The fourth-order valence-electron chi connectivity index (χ4n) is 0.619. The van der Waals surface area contributed by atoms with Gasteiger partial charge in [0.05, 0.1) is 0 Å². The smallest absolute Gasteiger partial charge is 0.0214 e. The predicted molar refractivity (Wildman–Crippen MR) is 43.2 cm³/mol. The van der Waals surface area contributed by atoms with Gasteiger partial charge in [0.2, 0.25) is 0 Å². The third-order valence-corrected chi connectivity index (χ3v) is 2.23. The summed E-state index contributed by atoms with van der Waals surface area (Å²) in [6, 6.07) is 0. The van der Waals surface area contributed by atoms with E-state index in [4.69, 9.17) is 11.2 Å². The molecule has 0 aromatic rings. The maximum Gasteiger partial charge on any atom is -0.0214 e. The highest BCUT2D eigenvalue weighted by atomic mass is 35.7. The van der Waals surface area contributed by atoms with Crippen LogP contribution in [0, 0.1) is 0 Å². The van der Waals surface area contributed by atoms with Crippen LogP contribution in [0.25, 0.3) is 0 Å². The standard InChI is InChI=1S/C6H14ClP/c1-2-3-4-5-6-8-7/h8H,2-6H2,1H3. The molecule has 0 amide bonds. The minimum Gasteiger partial charge on any atom is -0.100 e. The Labute approximate surface area is 58.6 Å². The molecule has 1 unspecified atom stereocenters. The van der Waals surface area contributed by atoms with Crippen molar-refractivity contribution in [2.45, 2.75) is 32.6 Å². The molecule has 0 radical (unpaired) electrons. The van der Waals surface area contributed by atoms with Crippen LogP contribution >= 0.6 is 19.2 Å². The molecule has 0 nitrogen and oxygen atoms in total. The molecule has 8 heavy (non-hydrogen) atoms. The van der Waals surface area contributed by atoms with Gasteiger partial charge in [0.25, 0.3) is 0 Å². The first kappa shape index (κ1) is 8.72. The lowest BCUT2D eigenvalue weighted by Crippen LogP contribution is -1.75. The lowest BCUT2D eigenvalue weighted by Gasteiger charge is -1.92. The van der Waals surface area contributed by atoms with E-state index in [-0.39, 0.29) is 0 Å². The molecule has 0 saturated heterocycles. The van der Waals surface area contributed by atoms with Crippen LogP contribution in [0.1, 0.15) is 32.6 Å². The molecular weight excluding hydrogens is 138 g/mol. The number of hydrogen-bond donors (Lipinski definition) is 0. The van der Waals surface area contributed by atoms with E-state index < -0.39 is 0 Å². The fourth-order valence-corrected chi connectivity index (χ4v) is 1.40. The molecule has 1 atom stereocenters. The molecule has 0 aliphatic rings. The average molecular weight is 153 g/mol.